The summed E-state index contributed by atoms with van der Waals surface area (Å²) >= 11 is 6.16. The average molecular weight is 283 g/mol. The molecule has 0 radical (unpaired) electrons. The van der Waals surface area contributed by atoms with Crippen molar-refractivity contribution >= 4 is 17.3 Å². The van der Waals surface area contributed by atoms with Gasteiger partial charge in [-0.1, -0.05) is 24.6 Å². The van der Waals surface area contributed by atoms with E-state index in [4.69, 9.17) is 16.7 Å². The third kappa shape index (κ3) is 3.41. The van der Waals surface area contributed by atoms with Crippen molar-refractivity contribution in [3.05, 3.63) is 28.8 Å². The molecule has 106 valence electrons. The molecule has 0 aliphatic carbocycles. The zero-order valence-electron chi connectivity index (χ0n) is 11.8. The van der Waals surface area contributed by atoms with Crippen molar-refractivity contribution in [2.45, 2.75) is 32.4 Å². The van der Waals surface area contributed by atoms with E-state index in [0.29, 0.717) is 11.1 Å². The van der Waals surface area contributed by atoms with Crippen molar-refractivity contribution in [3.63, 3.8) is 0 Å². The Morgan fingerprint density at radius 3 is 2.58 bits per heavy atom. The molecule has 0 atom stereocenters. The first-order valence-electron chi connectivity index (χ1n) is 7.00. The monoisotopic (exact) mass is 282 g/mol. The Morgan fingerprint density at radius 2 is 2.05 bits per heavy atom. The fraction of sp³-hybridized carbons (Fsp3) is 0.600. The minimum atomic E-state index is -0.00227. The highest BCUT2D eigenvalue weighted by atomic mass is 35.5. The second-order valence-electron chi connectivity index (χ2n) is 5.21. The molecule has 0 unspecified atom stereocenters. The maximum Gasteiger partial charge on any atom is 0.0696 e. The molecule has 1 aromatic carbocycles. The van der Waals surface area contributed by atoms with Gasteiger partial charge in [-0.2, -0.15) is 0 Å². The highest BCUT2D eigenvalue weighted by molar-refractivity contribution is 6.31. The minimum absolute atomic E-state index is 0.00227. The van der Waals surface area contributed by atoms with Crippen LogP contribution in [0.4, 0.5) is 5.69 Å². The van der Waals surface area contributed by atoms with Gasteiger partial charge >= 0.3 is 0 Å². The number of anilines is 1. The number of piperidine rings is 1. The van der Waals surface area contributed by atoms with Crippen LogP contribution in [0.1, 0.15) is 25.3 Å². The van der Waals surface area contributed by atoms with Crippen LogP contribution in [0.25, 0.3) is 0 Å². The normalized spacial score (nSPS) is 17.7. The fourth-order valence-corrected chi connectivity index (χ4v) is 2.95. The number of hydrogen-bond donors (Lipinski definition) is 1. The lowest BCUT2D eigenvalue weighted by Crippen LogP contribution is -2.43. The van der Waals surface area contributed by atoms with Crippen LogP contribution >= 0.6 is 11.6 Å². The summed E-state index contributed by atoms with van der Waals surface area (Å²) in [5.41, 5.74) is 1.93. The highest BCUT2D eigenvalue weighted by Crippen LogP contribution is 2.27. The zero-order valence-corrected chi connectivity index (χ0v) is 12.5. The van der Waals surface area contributed by atoms with Crippen molar-refractivity contribution in [1.82, 2.24) is 4.90 Å². The average Bonchev–Trinajstić information content (AvgIpc) is 2.46. The molecule has 4 heteroatoms. The second kappa shape index (κ2) is 6.60. The topological polar surface area (TPSA) is 26.7 Å². The first-order chi connectivity index (χ1) is 9.15. The lowest BCUT2D eigenvalue weighted by atomic mass is 10.0. The van der Waals surface area contributed by atoms with E-state index in [1.807, 2.05) is 18.2 Å². The summed E-state index contributed by atoms with van der Waals surface area (Å²) in [5.74, 6) is 0. The summed E-state index contributed by atoms with van der Waals surface area (Å²) in [7, 11) is 2.14. The Labute approximate surface area is 120 Å². The van der Waals surface area contributed by atoms with E-state index in [9.17, 15) is 0 Å². The molecule has 2 rings (SSSR count). The lowest BCUT2D eigenvalue weighted by Gasteiger charge is -2.37. The standard InChI is InChI=1S/C15H23ClN2O/c1-3-18-8-6-13(7-9-18)17(2)14-5-4-12(11-19)15(16)10-14/h4-5,10,13,19H,3,6-9,11H2,1-2H3. The van der Waals surface area contributed by atoms with Crippen molar-refractivity contribution < 1.29 is 5.11 Å². The van der Waals surface area contributed by atoms with Crippen LogP contribution in [0.15, 0.2) is 18.2 Å². The van der Waals surface area contributed by atoms with Gasteiger partial charge in [0.2, 0.25) is 0 Å². The molecule has 0 spiro atoms. The quantitative estimate of drug-likeness (QED) is 0.920. The predicted octanol–water partition coefficient (Wildman–Crippen LogP) is 2.75. The van der Waals surface area contributed by atoms with Gasteiger partial charge in [0.05, 0.1) is 6.61 Å². The summed E-state index contributed by atoms with van der Waals surface area (Å²) in [6.07, 6.45) is 2.40. The number of nitrogens with zero attached hydrogens (tertiary/aromatic N) is 2. The molecule has 19 heavy (non-hydrogen) atoms. The van der Waals surface area contributed by atoms with Gasteiger partial charge in [0, 0.05) is 36.9 Å². The Balaban J connectivity index is 2.03. The van der Waals surface area contributed by atoms with Crippen LogP contribution in [0.2, 0.25) is 5.02 Å². The summed E-state index contributed by atoms with van der Waals surface area (Å²) in [4.78, 5) is 4.81. The van der Waals surface area contributed by atoms with Gasteiger partial charge in [-0.05, 0) is 37.1 Å². The molecule has 1 aromatic rings. The molecule has 1 N–H and O–H groups in total. The maximum absolute atomic E-state index is 9.15. The molecule has 3 nitrogen and oxygen atoms in total. The number of likely N-dealkylation sites (tertiary alicyclic amines) is 1. The number of benzene rings is 1. The second-order valence-corrected chi connectivity index (χ2v) is 5.62. The van der Waals surface area contributed by atoms with Crippen LogP contribution in [0.3, 0.4) is 0 Å². The van der Waals surface area contributed by atoms with E-state index in [-0.39, 0.29) is 6.61 Å². The van der Waals surface area contributed by atoms with E-state index in [1.165, 1.54) is 25.9 Å². The van der Waals surface area contributed by atoms with Crippen molar-refractivity contribution in [2.24, 2.45) is 0 Å². The molecule has 1 fully saturated rings. The SMILES string of the molecule is CCN1CCC(N(C)c2ccc(CO)c(Cl)c2)CC1. The van der Waals surface area contributed by atoms with E-state index in [2.05, 4.69) is 23.8 Å². The number of halogens is 1. The Kier molecular flexibility index (Phi) is 5.08. The van der Waals surface area contributed by atoms with Crippen molar-refractivity contribution in [3.8, 4) is 0 Å². The molecule has 0 aromatic heterocycles. The Morgan fingerprint density at radius 1 is 1.37 bits per heavy atom. The van der Waals surface area contributed by atoms with Gasteiger partial charge in [-0.15, -0.1) is 0 Å². The summed E-state index contributed by atoms with van der Waals surface area (Å²) in [5, 5.41) is 9.80. The largest absolute Gasteiger partial charge is 0.392 e. The fourth-order valence-electron chi connectivity index (χ4n) is 2.72. The van der Waals surface area contributed by atoms with Crippen molar-refractivity contribution in [1.29, 1.82) is 0 Å². The number of aliphatic hydroxyl groups is 1. The molecule has 1 aliphatic rings. The summed E-state index contributed by atoms with van der Waals surface area (Å²) in [6.45, 7) is 5.71. The highest BCUT2D eigenvalue weighted by Gasteiger charge is 2.22. The van der Waals surface area contributed by atoms with E-state index in [1.54, 1.807) is 0 Å². The Bertz CT molecular complexity index is 417. The van der Waals surface area contributed by atoms with Crippen LogP contribution < -0.4 is 4.90 Å². The van der Waals surface area contributed by atoms with Gasteiger partial charge in [-0.25, -0.2) is 0 Å². The van der Waals surface area contributed by atoms with Gasteiger partial charge in [0.1, 0.15) is 0 Å². The molecule has 1 saturated heterocycles. The van der Waals surface area contributed by atoms with Gasteiger partial charge < -0.3 is 14.9 Å². The van der Waals surface area contributed by atoms with Crippen LogP contribution in [-0.4, -0.2) is 42.7 Å². The lowest BCUT2D eigenvalue weighted by molar-refractivity contribution is 0.221. The smallest absolute Gasteiger partial charge is 0.0696 e. The van der Waals surface area contributed by atoms with E-state index >= 15 is 0 Å². The summed E-state index contributed by atoms with van der Waals surface area (Å²) in [6, 6.07) is 6.50. The Hall–Kier alpha value is -0.770. The van der Waals surface area contributed by atoms with E-state index in [0.717, 1.165) is 17.8 Å². The summed E-state index contributed by atoms with van der Waals surface area (Å²) < 4.78 is 0. The molecule has 1 heterocycles. The first kappa shape index (κ1) is 14.6. The third-order valence-corrected chi connectivity index (χ3v) is 4.52. The predicted molar refractivity (Wildman–Crippen MR) is 80.9 cm³/mol. The molecule has 0 saturated carbocycles. The van der Waals surface area contributed by atoms with Crippen LogP contribution in [0.5, 0.6) is 0 Å². The molecule has 1 aliphatic heterocycles. The van der Waals surface area contributed by atoms with Crippen molar-refractivity contribution in [2.75, 3.05) is 31.6 Å². The third-order valence-electron chi connectivity index (χ3n) is 4.17. The van der Waals surface area contributed by atoms with Gasteiger partial charge in [-0.3, -0.25) is 0 Å². The first-order valence-corrected chi connectivity index (χ1v) is 7.38. The minimum Gasteiger partial charge on any atom is -0.392 e. The molecular weight excluding hydrogens is 260 g/mol. The van der Waals surface area contributed by atoms with Crippen LogP contribution in [-0.2, 0) is 6.61 Å². The number of hydrogen-bond acceptors (Lipinski definition) is 3. The van der Waals surface area contributed by atoms with Gasteiger partial charge in [0.15, 0.2) is 0 Å². The van der Waals surface area contributed by atoms with Gasteiger partial charge in [0.25, 0.3) is 0 Å². The zero-order chi connectivity index (χ0) is 13.8. The van der Waals surface area contributed by atoms with E-state index < -0.39 is 0 Å². The number of aliphatic hydroxyl groups excluding tert-OH is 1. The maximum atomic E-state index is 9.15. The molecule has 0 amide bonds. The molecular formula is C15H23ClN2O. The molecule has 0 bridgehead atoms. The number of rotatable bonds is 4. The van der Waals surface area contributed by atoms with Crippen LogP contribution in [0, 0.1) is 0 Å².